The lowest BCUT2D eigenvalue weighted by Crippen LogP contribution is -2.36. The molecule has 0 saturated heterocycles. The summed E-state index contributed by atoms with van der Waals surface area (Å²) in [7, 11) is 0. The van der Waals surface area contributed by atoms with Crippen molar-refractivity contribution in [3.05, 3.63) is 35.9 Å². The van der Waals surface area contributed by atoms with Crippen LogP contribution in [0.1, 0.15) is 31.1 Å². The molecule has 3 rings (SSSR count). The number of carbonyl (C=O) groups excluding carboxylic acids is 2. The minimum Gasteiger partial charge on any atom is -0.489 e. The van der Waals surface area contributed by atoms with Crippen LogP contribution in [0.2, 0.25) is 0 Å². The highest BCUT2D eigenvalue weighted by molar-refractivity contribution is 8.02. The van der Waals surface area contributed by atoms with Crippen molar-refractivity contribution in [1.29, 1.82) is 0 Å². The molecule has 2 aromatic rings. The summed E-state index contributed by atoms with van der Waals surface area (Å²) >= 11 is 2.82. The second kappa shape index (κ2) is 7.30. The second-order valence-corrected chi connectivity index (χ2v) is 8.76. The number of anilines is 2. The van der Waals surface area contributed by atoms with Gasteiger partial charge in [-0.2, -0.15) is 0 Å². The Bertz CT molecular complexity index is 842. The summed E-state index contributed by atoms with van der Waals surface area (Å²) in [6.07, 6.45) is 0. The number of benzene rings is 1. The van der Waals surface area contributed by atoms with E-state index in [1.807, 2.05) is 24.3 Å². The van der Waals surface area contributed by atoms with Crippen LogP contribution in [0.4, 0.5) is 10.7 Å². The first-order chi connectivity index (χ1) is 12.3. The molecule has 0 aliphatic carbocycles. The molecule has 26 heavy (non-hydrogen) atoms. The number of carbonyl (C=O) groups is 2. The topological polar surface area (TPSA) is 78.9 Å². The van der Waals surface area contributed by atoms with E-state index in [1.54, 1.807) is 6.07 Å². The van der Waals surface area contributed by atoms with Gasteiger partial charge < -0.3 is 19.5 Å². The maximum absolute atomic E-state index is 12.1. The lowest BCUT2D eigenvalue weighted by Gasteiger charge is -2.29. The normalized spacial score (nSPS) is 13.8. The lowest BCUT2D eigenvalue weighted by molar-refractivity contribution is -0.130. The summed E-state index contributed by atoms with van der Waals surface area (Å²) < 4.78 is 8.64. The number of nitrogens with zero attached hydrogens (tertiary/aromatic N) is 1. The third-order valence-electron chi connectivity index (χ3n) is 3.76. The zero-order valence-electron chi connectivity index (χ0n) is 14.7. The van der Waals surface area contributed by atoms with Crippen LogP contribution in [0.25, 0.3) is 0 Å². The van der Waals surface area contributed by atoms with E-state index in [1.165, 1.54) is 44.1 Å². The van der Waals surface area contributed by atoms with Gasteiger partial charge in [-0.05, 0) is 50.9 Å². The summed E-state index contributed by atoms with van der Waals surface area (Å²) in [4.78, 5) is 24.0. The SMILES string of the molecule is CC(=O)c1cc(SN2CCOc3ccccc32)sc1NC(=O)C(C)(C)O. The van der Waals surface area contributed by atoms with Gasteiger partial charge in [0.25, 0.3) is 5.91 Å². The van der Waals surface area contributed by atoms with Gasteiger partial charge in [0.1, 0.15) is 23.0 Å². The Morgan fingerprint density at radius 1 is 1.35 bits per heavy atom. The summed E-state index contributed by atoms with van der Waals surface area (Å²) in [5, 5.41) is 12.9. The Morgan fingerprint density at radius 3 is 2.77 bits per heavy atom. The molecule has 0 bridgehead atoms. The van der Waals surface area contributed by atoms with Gasteiger partial charge in [0.05, 0.1) is 22.0 Å². The molecule has 8 heteroatoms. The Balaban J connectivity index is 1.85. The quantitative estimate of drug-likeness (QED) is 0.598. The average molecular weight is 393 g/mol. The van der Waals surface area contributed by atoms with Gasteiger partial charge in [-0.3, -0.25) is 9.59 Å². The van der Waals surface area contributed by atoms with Gasteiger partial charge in [-0.15, -0.1) is 11.3 Å². The standard InChI is InChI=1S/C18H20N2O4S2/c1-11(21)12-10-15(25-16(12)19-17(22)18(2,3)23)26-20-8-9-24-14-7-5-4-6-13(14)20/h4-7,10,23H,8-9H2,1-3H3,(H,19,22). The summed E-state index contributed by atoms with van der Waals surface area (Å²) in [5.41, 5.74) is -0.102. The van der Waals surface area contributed by atoms with Crippen LogP contribution in [-0.4, -0.2) is 35.5 Å². The molecule has 0 unspecified atom stereocenters. The van der Waals surface area contributed by atoms with E-state index in [0.29, 0.717) is 23.7 Å². The molecule has 2 heterocycles. The van der Waals surface area contributed by atoms with E-state index >= 15 is 0 Å². The van der Waals surface area contributed by atoms with E-state index in [9.17, 15) is 14.7 Å². The molecule has 2 N–H and O–H groups in total. The molecule has 1 aliphatic rings. The van der Waals surface area contributed by atoms with E-state index in [-0.39, 0.29) is 5.78 Å². The second-order valence-electron chi connectivity index (χ2n) is 6.39. The molecular weight excluding hydrogens is 372 g/mol. The van der Waals surface area contributed by atoms with E-state index < -0.39 is 11.5 Å². The van der Waals surface area contributed by atoms with Crippen LogP contribution in [0, 0.1) is 0 Å². The Morgan fingerprint density at radius 2 is 2.08 bits per heavy atom. The predicted molar refractivity (Wildman–Crippen MR) is 104 cm³/mol. The molecule has 1 amide bonds. The van der Waals surface area contributed by atoms with E-state index in [0.717, 1.165) is 15.6 Å². The minimum atomic E-state index is -1.52. The smallest absolute Gasteiger partial charge is 0.256 e. The Labute approximate surface area is 160 Å². The van der Waals surface area contributed by atoms with Crippen molar-refractivity contribution in [3.8, 4) is 5.75 Å². The van der Waals surface area contributed by atoms with Crippen molar-refractivity contribution < 1.29 is 19.4 Å². The number of aliphatic hydroxyl groups is 1. The monoisotopic (exact) mass is 392 g/mol. The maximum atomic E-state index is 12.1. The molecule has 1 aliphatic heterocycles. The lowest BCUT2D eigenvalue weighted by atomic mass is 10.1. The molecule has 1 aromatic carbocycles. The third-order valence-corrected chi connectivity index (χ3v) is 5.97. The van der Waals surface area contributed by atoms with Crippen molar-refractivity contribution in [2.24, 2.45) is 0 Å². The summed E-state index contributed by atoms with van der Waals surface area (Å²) in [5.74, 6) is 0.141. The average Bonchev–Trinajstić information content (AvgIpc) is 2.97. The van der Waals surface area contributed by atoms with E-state index in [2.05, 4.69) is 9.62 Å². The van der Waals surface area contributed by atoms with Crippen LogP contribution in [0.3, 0.4) is 0 Å². The molecule has 0 atom stereocenters. The van der Waals surface area contributed by atoms with Crippen LogP contribution in [-0.2, 0) is 4.79 Å². The highest BCUT2D eigenvalue weighted by atomic mass is 32.2. The number of thiophene rings is 1. The number of rotatable bonds is 5. The fourth-order valence-electron chi connectivity index (χ4n) is 2.37. The fourth-order valence-corrected chi connectivity index (χ4v) is 4.68. The summed E-state index contributed by atoms with van der Waals surface area (Å²) in [6.45, 7) is 5.56. The van der Waals surface area contributed by atoms with Gasteiger partial charge >= 0.3 is 0 Å². The molecule has 1 aromatic heterocycles. The first-order valence-corrected chi connectivity index (χ1v) is 9.70. The van der Waals surface area contributed by atoms with Crippen molar-refractivity contribution in [2.45, 2.75) is 30.6 Å². The minimum absolute atomic E-state index is 0.137. The zero-order chi connectivity index (χ0) is 18.9. The molecule has 0 saturated carbocycles. The van der Waals surface area contributed by atoms with Gasteiger partial charge in [-0.25, -0.2) is 0 Å². The molecular formula is C18H20N2O4S2. The molecule has 0 radical (unpaired) electrons. The first kappa shape index (κ1) is 18.8. The highest BCUT2D eigenvalue weighted by Gasteiger charge is 2.27. The number of fused-ring (bicyclic) bond motifs is 1. The molecule has 6 nitrogen and oxygen atoms in total. The Hall–Kier alpha value is -2.03. The number of para-hydroxylation sites is 2. The van der Waals surface area contributed by atoms with Crippen molar-refractivity contribution in [1.82, 2.24) is 0 Å². The number of Topliss-reactive ketones (excluding diaryl/α,β-unsaturated/α-hetero) is 1. The number of ether oxygens (including phenoxy) is 1. The summed E-state index contributed by atoms with van der Waals surface area (Å²) in [6, 6.07) is 9.56. The molecule has 0 fully saturated rings. The van der Waals surface area contributed by atoms with E-state index in [4.69, 9.17) is 4.74 Å². The number of amides is 1. The largest absolute Gasteiger partial charge is 0.489 e. The van der Waals surface area contributed by atoms with Crippen molar-refractivity contribution in [2.75, 3.05) is 22.8 Å². The van der Waals surface area contributed by atoms with Gasteiger partial charge in [0.15, 0.2) is 5.78 Å². The Kier molecular flexibility index (Phi) is 5.27. The van der Waals surface area contributed by atoms with Gasteiger partial charge in [0.2, 0.25) is 0 Å². The first-order valence-electron chi connectivity index (χ1n) is 8.11. The van der Waals surface area contributed by atoms with Gasteiger partial charge in [0, 0.05) is 0 Å². The van der Waals surface area contributed by atoms with Crippen LogP contribution in [0.15, 0.2) is 34.5 Å². The van der Waals surface area contributed by atoms with Crippen LogP contribution >= 0.6 is 23.3 Å². The fraction of sp³-hybridized carbons (Fsp3) is 0.333. The highest BCUT2D eigenvalue weighted by Crippen LogP contribution is 2.42. The number of hydrogen-bond acceptors (Lipinski definition) is 7. The number of ketones is 1. The number of nitrogens with one attached hydrogen (secondary N) is 1. The number of hydrogen-bond donors (Lipinski definition) is 2. The predicted octanol–water partition coefficient (Wildman–Crippen LogP) is 3.57. The molecule has 0 spiro atoms. The maximum Gasteiger partial charge on any atom is 0.256 e. The molecule has 138 valence electrons. The van der Waals surface area contributed by atoms with Gasteiger partial charge in [-0.1, -0.05) is 12.1 Å². The van der Waals surface area contributed by atoms with Crippen molar-refractivity contribution >= 4 is 45.7 Å². The zero-order valence-corrected chi connectivity index (χ0v) is 16.4. The van der Waals surface area contributed by atoms with Crippen molar-refractivity contribution in [3.63, 3.8) is 0 Å². The van der Waals surface area contributed by atoms with Crippen LogP contribution in [0.5, 0.6) is 5.75 Å². The van der Waals surface area contributed by atoms with Crippen LogP contribution < -0.4 is 14.4 Å². The third kappa shape index (κ3) is 4.03.